The number of hydrogen-bond acceptors (Lipinski definition) is 5. The lowest BCUT2D eigenvalue weighted by atomic mass is 10.2. The van der Waals surface area contributed by atoms with Gasteiger partial charge in [-0.25, -0.2) is 0 Å². The number of fused-ring (bicyclic) bond motifs is 1. The monoisotopic (exact) mass is 430 g/mol. The van der Waals surface area contributed by atoms with Gasteiger partial charge in [-0.15, -0.1) is 10.2 Å². The number of H-pyrrole nitrogens is 1. The molecule has 9 heteroatoms. The Morgan fingerprint density at radius 1 is 1.19 bits per heavy atom. The van der Waals surface area contributed by atoms with E-state index < -0.39 is 11.8 Å². The second kappa shape index (κ2) is 8.45. The van der Waals surface area contributed by atoms with Gasteiger partial charge < -0.3 is 20.1 Å². The summed E-state index contributed by atoms with van der Waals surface area (Å²) in [6.07, 6.45) is 0. The molecule has 0 saturated heterocycles. The summed E-state index contributed by atoms with van der Waals surface area (Å²) in [4.78, 5) is 26.3. The Labute approximate surface area is 162 Å². The molecule has 3 aromatic rings. The van der Waals surface area contributed by atoms with Gasteiger partial charge in [0, 0.05) is 9.86 Å². The lowest BCUT2D eigenvalue weighted by molar-refractivity contribution is -0.126. The molecule has 0 unspecified atom stereocenters. The number of hydrogen-bond donors (Lipinski definition) is 3. The fraction of sp³-hybridized carbons (Fsp3) is 0.111. The normalized spacial score (nSPS) is 11.0. The Kier molecular flexibility index (Phi) is 5.82. The lowest BCUT2D eigenvalue weighted by Gasteiger charge is -2.05. The van der Waals surface area contributed by atoms with Gasteiger partial charge in [0.2, 0.25) is 5.88 Å². The highest BCUT2D eigenvalue weighted by Crippen LogP contribution is 2.36. The van der Waals surface area contributed by atoms with Crippen LogP contribution < -0.4 is 10.1 Å². The minimum Gasteiger partial charge on any atom is -0.493 e. The van der Waals surface area contributed by atoms with E-state index in [1.54, 1.807) is 42.5 Å². The van der Waals surface area contributed by atoms with Crippen molar-refractivity contribution in [1.29, 1.82) is 0 Å². The Balaban J connectivity index is 1.54. The Bertz CT molecular complexity index is 1000. The van der Waals surface area contributed by atoms with E-state index in [0.717, 1.165) is 4.47 Å². The predicted octanol–water partition coefficient (Wildman–Crippen LogP) is 3.44. The number of nitrogens with zero attached hydrogens (tertiary/aromatic N) is 2. The SMILES string of the molecule is O=C(CNC(=O)COc1ccccc1)N=Nc1c(O)[nH]c2ccc(Br)cc12. The zero-order valence-corrected chi connectivity index (χ0v) is 15.6. The van der Waals surface area contributed by atoms with Gasteiger partial charge in [-0.3, -0.25) is 9.59 Å². The molecule has 2 amide bonds. The highest BCUT2D eigenvalue weighted by molar-refractivity contribution is 9.10. The van der Waals surface area contributed by atoms with Crippen molar-refractivity contribution in [2.45, 2.75) is 0 Å². The maximum absolute atomic E-state index is 11.8. The number of carbonyl (C=O) groups is 2. The van der Waals surface area contributed by atoms with E-state index in [1.165, 1.54) is 0 Å². The van der Waals surface area contributed by atoms with Crippen LogP contribution in [0.25, 0.3) is 10.9 Å². The molecule has 8 nitrogen and oxygen atoms in total. The molecule has 0 bridgehead atoms. The molecule has 3 rings (SSSR count). The van der Waals surface area contributed by atoms with Crippen molar-refractivity contribution in [2.75, 3.05) is 13.2 Å². The zero-order chi connectivity index (χ0) is 19.2. The second-order valence-corrected chi connectivity index (χ2v) is 6.40. The number of halogens is 1. The predicted molar refractivity (Wildman–Crippen MR) is 102 cm³/mol. The van der Waals surface area contributed by atoms with Crippen LogP contribution in [0.1, 0.15) is 0 Å². The number of aromatic nitrogens is 1. The summed E-state index contributed by atoms with van der Waals surface area (Å²) in [5, 5.41) is 20.3. The molecule has 3 N–H and O–H groups in total. The van der Waals surface area contributed by atoms with Crippen LogP contribution in [0.4, 0.5) is 5.69 Å². The van der Waals surface area contributed by atoms with Gasteiger partial charge in [0.15, 0.2) is 12.3 Å². The minimum atomic E-state index is -0.660. The summed E-state index contributed by atoms with van der Waals surface area (Å²) in [6, 6.07) is 14.2. The molecule has 0 spiro atoms. The molecular formula is C18H15BrN4O4. The Hall–Kier alpha value is -3.20. The number of ether oxygens (including phenoxy) is 1. The van der Waals surface area contributed by atoms with Crippen LogP contribution in [0.15, 0.2) is 63.2 Å². The van der Waals surface area contributed by atoms with Crippen molar-refractivity contribution in [1.82, 2.24) is 10.3 Å². The molecule has 0 aliphatic heterocycles. The van der Waals surface area contributed by atoms with Crippen molar-refractivity contribution in [2.24, 2.45) is 10.2 Å². The highest BCUT2D eigenvalue weighted by atomic mass is 79.9. The van der Waals surface area contributed by atoms with Gasteiger partial charge in [0.25, 0.3) is 11.8 Å². The van der Waals surface area contributed by atoms with Crippen LogP contribution in [-0.4, -0.2) is 35.1 Å². The number of benzene rings is 2. The first-order chi connectivity index (χ1) is 13.0. The fourth-order valence-electron chi connectivity index (χ4n) is 2.27. The van der Waals surface area contributed by atoms with E-state index in [4.69, 9.17) is 4.74 Å². The first kappa shape index (κ1) is 18.6. The summed E-state index contributed by atoms with van der Waals surface area (Å²) in [5.41, 5.74) is 0.807. The molecule has 0 aliphatic rings. The highest BCUT2D eigenvalue weighted by Gasteiger charge is 2.12. The summed E-state index contributed by atoms with van der Waals surface area (Å²) in [7, 11) is 0. The quantitative estimate of drug-likeness (QED) is 0.519. The van der Waals surface area contributed by atoms with Gasteiger partial charge in [-0.05, 0) is 30.3 Å². The van der Waals surface area contributed by atoms with E-state index in [0.29, 0.717) is 16.7 Å². The molecule has 1 aromatic heterocycles. The van der Waals surface area contributed by atoms with Crippen LogP contribution in [-0.2, 0) is 9.59 Å². The molecule has 27 heavy (non-hydrogen) atoms. The number of aromatic amines is 1. The Morgan fingerprint density at radius 3 is 2.74 bits per heavy atom. The van der Waals surface area contributed by atoms with Crippen molar-refractivity contribution < 1.29 is 19.4 Å². The van der Waals surface area contributed by atoms with E-state index in [-0.39, 0.29) is 24.7 Å². The van der Waals surface area contributed by atoms with Crippen molar-refractivity contribution >= 4 is 44.3 Å². The van der Waals surface area contributed by atoms with Crippen LogP contribution in [0.5, 0.6) is 11.6 Å². The molecule has 0 atom stereocenters. The fourth-order valence-corrected chi connectivity index (χ4v) is 2.63. The first-order valence-corrected chi connectivity index (χ1v) is 8.71. The molecule has 0 saturated carbocycles. The standard InChI is InChI=1S/C18H15BrN4O4/c19-11-6-7-14-13(8-11)17(18(26)21-14)23-22-15(24)9-20-16(25)10-27-12-4-2-1-3-5-12/h1-8,21,26H,9-10H2,(H,20,25). The molecule has 0 radical (unpaired) electrons. The molecule has 2 aromatic carbocycles. The van der Waals surface area contributed by atoms with Gasteiger partial charge in [-0.1, -0.05) is 34.1 Å². The number of aromatic hydroxyl groups is 1. The number of carbonyl (C=O) groups excluding carboxylic acids is 2. The van der Waals surface area contributed by atoms with E-state index in [2.05, 4.69) is 36.5 Å². The van der Waals surface area contributed by atoms with Crippen LogP contribution in [0, 0.1) is 0 Å². The number of nitrogens with one attached hydrogen (secondary N) is 2. The van der Waals surface area contributed by atoms with Crippen LogP contribution >= 0.6 is 15.9 Å². The Morgan fingerprint density at radius 2 is 1.96 bits per heavy atom. The summed E-state index contributed by atoms with van der Waals surface area (Å²) in [5.74, 6) is -0.757. The molecule has 138 valence electrons. The topological polar surface area (TPSA) is 116 Å². The van der Waals surface area contributed by atoms with Gasteiger partial charge in [-0.2, -0.15) is 0 Å². The van der Waals surface area contributed by atoms with Gasteiger partial charge >= 0.3 is 0 Å². The first-order valence-electron chi connectivity index (χ1n) is 7.92. The van der Waals surface area contributed by atoms with Gasteiger partial charge in [0.05, 0.1) is 5.52 Å². The largest absolute Gasteiger partial charge is 0.493 e. The van der Waals surface area contributed by atoms with E-state index >= 15 is 0 Å². The molecule has 0 aliphatic carbocycles. The molecule has 0 fully saturated rings. The van der Waals surface area contributed by atoms with Crippen LogP contribution in [0.2, 0.25) is 0 Å². The summed E-state index contributed by atoms with van der Waals surface area (Å²) < 4.78 is 6.07. The maximum Gasteiger partial charge on any atom is 0.283 e. The lowest BCUT2D eigenvalue weighted by Crippen LogP contribution is -2.32. The van der Waals surface area contributed by atoms with Crippen LogP contribution in [0.3, 0.4) is 0 Å². The van der Waals surface area contributed by atoms with E-state index in [1.807, 2.05) is 6.07 Å². The summed E-state index contributed by atoms with van der Waals surface area (Å²) >= 11 is 3.33. The van der Waals surface area contributed by atoms with Crippen molar-refractivity contribution in [3.8, 4) is 11.6 Å². The number of para-hydroxylation sites is 1. The zero-order valence-electron chi connectivity index (χ0n) is 14.0. The molecular weight excluding hydrogens is 416 g/mol. The number of amides is 2. The maximum atomic E-state index is 11.8. The third-order valence-corrected chi connectivity index (χ3v) is 4.02. The third-order valence-electron chi connectivity index (χ3n) is 3.53. The van der Waals surface area contributed by atoms with Crippen molar-refractivity contribution in [3.05, 3.63) is 53.0 Å². The minimum absolute atomic E-state index is 0.151. The average molecular weight is 431 g/mol. The van der Waals surface area contributed by atoms with E-state index in [9.17, 15) is 14.7 Å². The van der Waals surface area contributed by atoms with Gasteiger partial charge in [0.1, 0.15) is 12.3 Å². The third kappa shape index (κ3) is 4.91. The second-order valence-electron chi connectivity index (χ2n) is 5.48. The van der Waals surface area contributed by atoms with Crippen molar-refractivity contribution in [3.63, 3.8) is 0 Å². The smallest absolute Gasteiger partial charge is 0.283 e. The number of azo groups is 1. The average Bonchev–Trinajstić information content (AvgIpc) is 2.98. The molecule has 1 heterocycles. The number of rotatable bonds is 6. The summed E-state index contributed by atoms with van der Waals surface area (Å²) in [6.45, 7) is -0.543.